The fraction of sp³-hybridized carbons (Fsp3) is 0. The molecule has 1 N–H and O–H groups in total. The number of nitrogens with one attached hydrogen (secondary N) is 1. The maximum absolute atomic E-state index is 13.4. The van der Waals surface area contributed by atoms with Gasteiger partial charge in [0.15, 0.2) is 11.6 Å². The third kappa shape index (κ3) is 2.47. The molecule has 94 valence electrons. The minimum atomic E-state index is -0.375. The number of aromatic nitrogens is 2. The van der Waals surface area contributed by atoms with Gasteiger partial charge in [-0.1, -0.05) is 12.1 Å². The molecule has 0 atom stereocenters. The maximum Gasteiger partial charge on any atom is 0.165 e. The van der Waals surface area contributed by atoms with E-state index in [1.54, 1.807) is 36.5 Å². The molecule has 0 bridgehead atoms. The quantitative estimate of drug-likeness (QED) is 0.766. The van der Waals surface area contributed by atoms with Crippen molar-refractivity contribution in [3.63, 3.8) is 0 Å². The molecule has 0 unspecified atom stereocenters. The number of H-pyrrole nitrogens is 1. The number of aromatic amines is 1. The molecular weight excluding hydrogens is 243 g/mol. The highest BCUT2D eigenvalue weighted by atomic mass is 19.1. The molecule has 0 radical (unpaired) electrons. The number of ether oxygens (including phenoxy) is 1. The molecule has 4 heteroatoms. The van der Waals surface area contributed by atoms with E-state index in [0.717, 1.165) is 11.3 Å². The minimum absolute atomic E-state index is 0.219. The molecule has 1 heterocycles. The van der Waals surface area contributed by atoms with Crippen molar-refractivity contribution in [3.8, 4) is 22.8 Å². The molecular formula is C15H11FN2O. The smallest absolute Gasteiger partial charge is 0.165 e. The Bertz CT molecular complexity index is 663. The van der Waals surface area contributed by atoms with Gasteiger partial charge in [0.05, 0.1) is 5.69 Å². The number of benzene rings is 2. The number of nitrogens with zero attached hydrogens (tertiary/aromatic N) is 1. The number of hydrogen-bond acceptors (Lipinski definition) is 2. The average molecular weight is 254 g/mol. The molecule has 0 aliphatic rings. The second-order valence-electron chi connectivity index (χ2n) is 4.03. The van der Waals surface area contributed by atoms with Gasteiger partial charge in [0.2, 0.25) is 0 Å². The van der Waals surface area contributed by atoms with Crippen molar-refractivity contribution in [2.75, 3.05) is 0 Å². The van der Waals surface area contributed by atoms with Crippen LogP contribution in [0, 0.1) is 5.82 Å². The van der Waals surface area contributed by atoms with E-state index in [2.05, 4.69) is 10.2 Å². The molecule has 3 aromatic rings. The summed E-state index contributed by atoms with van der Waals surface area (Å²) in [6.07, 6.45) is 1.69. The highest BCUT2D eigenvalue weighted by Gasteiger charge is 2.04. The predicted octanol–water partition coefficient (Wildman–Crippen LogP) is 4.01. The minimum Gasteiger partial charge on any atom is -0.454 e. The Morgan fingerprint density at radius 1 is 0.947 bits per heavy atom. The van der Waals surface area contributed by atoms with Crippen LogP contribution in [0.25, 0.3) is 11.3 Å². The third-order valence-corrected chi connectivity index (χ3v) is 2.73. The maximum atomic E-state index is 13.4. The number of rotatable bonds is 3. The van der Waals surface area contributed by atoms with Crippen LogP contribution in [0.5, 0.6) is 11.5 Å². The van der Waals surface area contributed by atoms with Crippen molar-refractivity contribution in [3.05, 3.63) is 66.6 Å². The Labute approximate surface area is 109 Å². The monoisotopic (exact) mass is 254 g/mol. The van der Waals surface area contributed by atoms with Crippen molar-refractivity contribution < 1.29 is 9.13 Å². The van der Waals surface area contributed by atoms with Crippen LogP contribution >= 0.6 is 0 Å². The predicted molar refractivity (Wildman–Crippen MR) is 70.5 cm³/mol. The van der Waals surface area contributed by atoms with Crippen molar-refractivity contribution in [2.24, 2.45) is 0 Å². The molecule has 19 heavy (non-hydrogen) atoms. The molecule has 3 nitrogen and oxygen atoms in total. The summed E-state index contributed by atoms with van der Waals surface area (Å²) >= 11 is 0. The number of halogens is 1. The van der Waals surface area contributed by atoms with Gasteiger partial charge in [0.25, 0.3) is 0 Å². The van der Waals surface area contributed by atoms with Crippen molar-refractivity contribution in [1.82, 2.24) is 10.2 Å². The third-order valence-electron chi connectivity index (χ3n) is 2.73. The highest BCUT2D eigenvalue weighted by Crippen LogP contribution is 2.26. The first-order chi connectivity index (χ1) is 9.33. The van der Waals surface area contributed by atoms with Crippen molar-refractivity contribution >= 4 is 0 Å². The molecule has 0 aliphatic heterocycles. The molecule has 0 amide bonds. The van der Waals surface area contributed by atoms with Crippen LogP contribution in [0.1, 0.15) is 0 Å². The van der Waals surface area contributed by atoms with Gasteiger partial charge in [-0.25, -0.2) is 4.39 Å². The van der Waals surface area contributed by atoms with Crippen LogP contribution in [0.3, 0.4) is 0 Å². The summed E-state index contributed by atoms with van der Waals surface area (Å²) in [5, 5.41) is 6.78. The summed E-state index contributed by atoms with van der Waals surface area (Å²) < 4.78 is 18.9. The molecule has 0 spiro atoms. The van der Waals surface area contributed by atoms with E-state index in [1.807, 2.05) is 18.2 Å². The molecule has 1 aromatic heterocycles. The summed E-state index contributed by atoms with van der Waals surface area (Å²) in [5.41, 5.74) is 1.93. The zero-order chi connectivity index (χ0) is 13.1. The Morgan fingerprint density at radius 2 is 1.74 bits per heavy atom. The lowest BCUT2D eigenvalue weighted by molar-refractivity contribution is 0.442. The summed E-state index contributed by atoms with van der Waals surface area (Å²) in [7, 11) is 0. The molecule has 0 saturated carbocycles. The van der Waals surface area contributed by atoms with E-state index in [-0.39, 0.29) is 11.6 Å². The van der Waals surface area contributed by atoms with Gasteiger partial charge in [-0.3, -0.25) is 5.10 Å². The topological polar surface area (TPSA) is 37.9 Å². The first-order valence-corrected chi connectivity index (χ1v) is 5.85. The Hall–Kier alpha value is -2.62. The molecule has 0 aliphatic carbocycles. The Morgan fingerprint density at radius 3 is 2.42 bits per heavy atom. The zero-order valence-corrected chi connectivity index (χ0v) is 10.0. The van der Waals surface area contributed by atoms with Gasteiger partial charge in [0.1, 0.15) is 5.75 Å². The van der Waals surface area contributed by atoms with Gasteiger partial charge in [-0.05, 0) is 48.0 Å². The summed E-state index contributed by atoms with van der Waals surface area (Å²) in [6.45, 7) is 0. The molecule has 0 saturated heterocycles. The van der Waals surface area contributed by atoms with Crippen LogP contribution in [0.15, 0.2) is 60.8 Å². The largest absolute Gasteiger partial charge is 0.454 e. The Balaban J connectivity index is 1.82. The summed E-state index contributed by atoms with van der Waals surface area (Å²) in [6, 6.07) is 15.6. The van der Waals surface area contributed by atoms with E-state index in [9.17, 15) is 4.39 Å². The van der Waals surface area contributed by atoms with Crippen LogP contribution in [0.4, 0.5) is 4.39 Å². The molecule has 0 fully saturated rings. The van der Waals surface area contributed by atoms with Gasteiger partial charge in [-0.2, -0.15) is 5.10 Å². The normalized spacial score (nSPS) is 10.4. The summed E-state index contributed by atoms with van der Waals surface area (Å²) in [4.78, 5) is 0. The van der Waals surface area contributed by atoms with Crippen molar-refractivity contribution in [2.45, 2.75) is 0 Å². The lowest BCUT2D eigenvalue weighted by atomic mass is 10.1. The van der Waals surface area contributed by atoms with Crippen LogP contribution in [-0.4, -0.2) is 10.2 Å². The second kappa shape index (κ2) is 4.94. The fourth-order valence-corrected chi connectivity index (χ4v) is 1.77. The average Bonchev–Trinajstić information content (AvgIpc) is 2.96. The van der Waals surface area contributed by atoms with Crippen LogP contribution < -0.4 is 4.74 Å². The first kappa shape index (κ1) is 11.5. The van der Waals surface area contributed by atoms with Gasteiger partial charge in [0, 0.05) is 6.20 Å². The van der Waals surface area contributed by atoms with Crippen LogP contribution in [-0.2, 0) is 0 Å². The zero-order valence-electron chi connectivity index (χ0n) is 10.0. The van der Waals surface area contributed by atoms with E-state index in [4.69, 9.17) is 4.74 Å². The lowest BCUT2D eigenvalue weighted by Gasteiger charge is -2.07. The first-order valence-electron chi connectivity index (χ1n) is 5.85. The lowest BCUT2D eigenvalue weighted by Crippen LogP contribution is -1.87. The van der Waals surface area contributed by atoms with Gasteiger partial charge >= 0.3 is 0 Å². The van der Waals surface area contributed by atoms with Crippen molar-refractivity contribution in [1.29, 1.82) is 0 Å². The van der Waals surface area contributed by atoms with E-state index >= 15 is 0 Å². The standard InChI is InChI=1S/C15H11FN2O/c16-13-3-1-2-4-15(13)19-12-7-5-11(6-8-12)14-9-10-17-18-14/h1-10H,(H,17,18). The van der Waals surface area contributed by atoms with Gasteiger partial charge in [-0.15, -0.1) is 0 Å². The summed E-state index contributed by atoms with van der Waals surface area (Å²) in [5.74, 6) is 0.435. The highest BCUT2D eigenvalue weighted by molar-refractivity contribution is 5.59. The van der Waals surface area contributed by atoms with E-state index < -0.39 is 0 Å². The number of para-hydroxylation sites is 1. The van der Waals surface area contributed by atoms with E-state index in [0.29, 0.717) is 5.75 Å². The van der Waals surface area contributed by atoms with Crippen LogP contribution in [0.2, 0.25) is 0 Å². The Kier molecular flexibility index (Phi) is 2.98. The van der Waals surface area contributed by atoms with Gasteiger partial charge < -0.3 is 4.74 Å². The fourth-order valence-electron chi connectivity index (χ4n) is 1.77. The number of hydrogen-bond donors (Lipinski definition) is 1. The molecule has 2 aromatic carbocycles. The van der Waals surface area contributed by atoms with E-state index in [1.165, 1.54) is 6.07 Å². The molecule has 3 rings (SSSR count). The SMILES string of the molecule is Fc1ccccc1Oc1ccc(-c2ccn[nH]2)cc1. The second-order valence-corrected chi connectivity index (χ2v) is 4.03.